The summed E-state index contributed by atoms with van der Waals surface area (Å²) in [6, 6.07) is 2.47. The lowest BCUT2D eigenvalue weighted by atomic mass is 10.1. The fourth-order valence-corrected chi connectivity index (χ4v) is 2.04. The summed E-state index contributed by atoms with van der Waals surface area (Å²) < 4.78 is 0. The molecule has 108 valence electrons. The molecule has 1 aromatic carbocycles. The Morgan fingerprint density at radius 1 is 1.15 bits per heavy atom. The van der Waals surface area contributed by atoms with Gasteiger partial charge in [-0.15, -0.1) is 0 Å². The van der Waals surface area contributed by atoms with Crippen LogP contribution < -0.4 is 22.1 Å². The number of carbonyl (C=O) groups is 3. The maximum Gasteiger partial charge on any atom is 0.337 e. The summed E-state index contributed by atoms with van der Waals surface area (Å²) in [6.07, 6.45) is 0. The predicted octanol–water partition coefficient (Wildman–Crippen LogP) is -0.603. The molecular formula is C11H13ClN4O4. The lowest BCUT2D eigenvalue weighted by molar-refractivity contribution is -0.117. The van der Waals surface area contributed by atoms with Crippen molar-refractivity contribution in [2.45, 2.75) is 0 Å². The molecule has 0 aliphatic rings. The highest BCUT2D eigenvalue weighted by molar-refractivity contribution is 6.34. The minimum atomic E-state index is -1.31. The van der Waals surface area contributed by atoms with Gasteiger partial charge in [0.15, 0.2) is 0 Å². The standard InChI is InChI=1S/C11H13ClN4O4/c12-7-2-5(13)1-6(11(19)20)10(7)16(3-8(14)17)4-9(15)18/h1-2H,3-4,13H2,(H2,14,17)(H2,15,18)(H,19,20). The van der Waals surface area contributed by atoms with Gasteiger partial charge in [-0.05, 0) is 12.1 Å². The molecule has 20 heavy (non-hydrogen) atoms. The molecule has 8 nitrogen and oxygen atoms in total. The molecule has 0 saturated carbocycles. The number of hydrogen-bond donors (Lipinski definition) is 4. The van der Waals surface area contributed by atoms with Gasteiger partial charge in [0.2, 0.25) is 11.8 Å². The number of anilines is 2. The van der Waals surface area contributed by atoms with Crippen molar-refractivity contribution in [3.8, 4) is 0 Å². The Kier molecular flexibility index (Phi) is 4.76. The number of carboxylic acids is 1. The lowest BCUT2D eigenvalue weighted by Crippen LogP contribution is -2.40. The number of nitrogen functional groups attached to an aromatic ring is 1. The first kappa shape index (κ1) is 15.6. The van der Waals surface area contributed by atoms with Gasteiger partial charge in [-0.3, -0.25) is 9.59 Å². The molecule has 0 atom stereocenters. The Balaban J connectivity index is 3.40. The zero-order chi connectivity index (χ0) is 15.4. The second kappa shape index (κ2) is 6.11. The Bertz CT molecular complexity index is 560. The van der Waals surface area contributed by atoms with Crippen LogP contribution in [0.15, 0.2) is 12.1 Å². The first-order valence-corrected chi connectivity index (χ1v) is 5.74. The van der Waals surface area contributed by atoms with Crippen molar-refractivity contribution in [3.05, 3.63) is 22.7 Å². The number of hydrogen-bond acceptors (Lipinski definition) is 5. The molecule has 0 fully saturated rings. The molecule has 0 spiro atoms. The van der Waals surface area contributed by atoms with E-state index in [1.54, 1.807) is 0 Å². The number of aromatic carboxylic acids is 1. The van der Waals surface area contributed by atoms with Crippen molar-refractivity contribution < 1.29 is 19.5 Å². The number of nitrogens with zero attached hydrogens (tertiary/aromatic N) is 1. The molecule has 2 amide bonds. The number of primary amides is 2. The van der Waals surface area contributed by atoms with Gasteiger partial charge in [-0.2, -0.15) is 0 Å². The monoisotopic (exact) mass is 300 g/mol. The smallest absolute Gasteiger partial charge is 0.337 e. The van der Waals surface area contributed by atoms with Crippen molar-refractivity contribution in [2.75, 3.05) is 23.7 Å². The van der Waals surface area contributed by atoms with Crippen LogP contribution in [0.5, 0.6) is 0 Å². The van der Waals surface area contributed by atoms with E-state index in [2.05, 4.69) is 0 Å². The van der Waals surface area contributed by atoms with Crippen LogP contribution in [0.25, 0.3) is 0 Å². The normalized spacial score (nSPS) is 10.1. The van der Waals surface area contributed by atoms with E-state index in [0.29, 0.717) is 0 Å². The second-order valence-electron chi connectivity index (χ2n) is 3.99. The number of benzene rings is 1. The largest absolute Gasteiger partial charge is 0.478 e. The minimum absolute atomic E-state index is 0.0232. The van der Waals surface area contributed by atoms with Crippen LogP contribution in [0.2, 0.25) is 5.02 Å². The summed E-state index contributed by atoms with van der Waals surface area (Å²) in [4.78, 5) is 34.4. The van der Waals surface area contributed by atoms with E-state index in [-0.39, 0.29) is 22.0 Å². The molecule has 0 heterocycles. The average Bonchev–Trinajstić information content (AvgIpc) is 2.25. The van der Waals surface area contributed by atoms with E-state index in [1.807, 2.05) is 0 Å². The van der Waals surface area contributed by atoms with E-state index in [4.69, 9.17) is 33.9 Å². The van der Waals surface area contributed by atoms with E-state index in [9.17, 15) is 14.4 Å². The first-order chi connectivity index (χ1) is 9.22. The van der Waals surface area contributed by atoms with Crippen LogP contribution in [0.1, 0.15) is 10.4 Å². The molecule has 7 N–H and O–H groups in total. The van der Waals surface area contributed by atoms with Crippen LogP contribution in [0.3, 0.4) is 0 Å². The molecule has 0 radical (unpaired) electrons. The van der Waals surface area contributed by atoms with E-state index < -0.39 is 30.9 Å². The fraction of sp³-hybridized carbons (Fsp3) is 0.182. The maximum absolute atomic E-state index is 11.2. The molecule has 0 bridgehead atoms. The minimum Gasteiger partial charge on any atom is -0.478 e. The first-order valence-electron chi connectivity index (χ1n) is 5.36. The number of carbonyl (C=O) groups excluding carboxylic acids is 2. The summed E-state index contributed by atoms with van der Waals surface area (Å²) in [5.74, 6) is -2.85. The molecule has 0 aromatic heterocycles. The average molecular weight is 301 g/mol. The number of rotatable bonds is 6. The molecule has 9 heteroatoms. The van der Waals surface area contributed by atoms with Gasteiger partial charge in [0.05, 0.1) is 29.4 Å². The lowest BCUT2D eigenvalue weighted by Gasteiger charge is -2.24. The summed E-state index contributed by atoms with van der Waals surface area (Å²) in [7, 11) is 0. The van der Waals surface area contributed by atoms with Gasteiger partial charge >= 0.3 is 5.97 Å². The molecule has 0 unspecified atom stereocenters. The number of nitrogens with two attached hydrogens (primary N) is 3. The van der Waals surface area contributed by atoms with E-state index in [0.717, 1.165) is 4.90 Å². The Morgan fingerprint density at radius 3 is 2.05 bits per heavy atom. The SMILES string of the molecule is NC(=O)CN(CC(N)=O)c1c(Cl)cc(N)cc1C(=O)O. The van der Waals surface area contributed by atoms with Crippen LogP contribution in [0, 0.1) is 0 Å². The fourth-order valence-electron chi connectivity index (χ4n) is 1.69. The van der Waals surface area contributed by atoms with Crippen molar-refractivity contribution in [1.82, 2.24) is 0 Å². The highest BCUT2D eigenvalue weighted by atomic mass is 35.5. The summed E-state index contributed by atoms with van der Waals surface area (Å²) in [5.41, 5.74) is 15.5. The van der Waals surface area contributed by atoms with Gasteiger partial charge in [-0.1, -0.05) is 11.6 Å². The van der Waals surface area contributed by atoms with E-state index in [1.165, 1.54) is 12.1 Å². The Morgan fingerprint density at radius 2 is 1.65 bits per heavy atom. The quantitative estimate of drug-likeness (QED) is 0.514. The van der Waals surface area contributed by atoms with Gasteiger partial charge < -0.3 is 27.2 Å². The molecule has 0 saturated heterocycles. The summed E-state index contributed by atoms with van der Waals surface area (Å²) in [6.45, 7) is -0.820. The van der Waals surface area contributed by atoms with Crippen molar-refractivity contribution in [3.63, 3.8) is 0 Å². The van der Waals surface area contributed by atoms with Gasteiger partial charge in [-0.25, -0.2) is 4.79 Å². The van der Waals surface area contributed by atoms with Crippen LogP contribution in [-0.2, 0) is 9.59 Å². The van der Waals surface area contributed by atoms with Gasteiger partial charge in [0, 0.05) is 5.69 Å². The number of carboxylic acid groups (broad SMARTS) is 1. The molecular weight excluding hydrogens is 288 g/mol. The summed E-state index contributed by atoms with van der Waals surface area (Å²) >= 11 is 5.95. The predicted molar refractivity (Wildman–Crippen MR) is 73.4 cm³/mol. The highest BCUT2D eigenvalue weighted by Crippen LogP contribution is 2.32. The van der Waals surface area contributed by atoms with Crippen LogP contribution in [-0.4, -0.2) is 36.0 Å². The number of amides is 2. The number of halogens is 1. The third kappa shape index (κ3) is 3.75. The van der Waals surface area contributed by atoms with Crippen molar-refractivity contribution >= 4 is 40.8 Å². The topological polar surface area (TPSA) is 153 Å². The third-order valence-corrected chi connectivity index (χ3v) is 2.61. The maximum atomic E-state index is 11.2. The summed E-state index contributed by atoms with van der Waals surface area (Å²) in [5, 5.41) is 9.14. The molecule has 0 aliphatic heterocycles. The zero-order valence-corrected chi connectivity index (χ0v) is 11.1. The second-order valence-corrected chi connectivity index (χ2v) is 4.40. The molecule has 1 rings (SSSR count). The van der Waals surface area contributed by atoms with Crippen molar-refractivity contribution in [1.29, 1.82) is 0 Å². The van der Waals surface area contributed by atoms with E-state index >= 15 is 0 Å². The third-order valence-electron chi connectivity index (χ3n) is 2.33. The van der Waals surface area contributed by atoms with Gasteiger partial charge in [0.1, 0.15) is 0 Å². The Labute approximate surface area is 119 Å². The highest BCUT2D eigenvalue weighted by Gasteiger charge is 2.22. The zero-order valence-electron chi connectivity index (χ0n) is 10.3. The van der Waals surface area contributed by atoms with Gasteiger partial charge in [0.25, 0.3) is 0 Å². The molecule has 0 aliphatic carbocycles. The Hall–Kier alpha value is -2.48. The molecule has 1 aromatic rings. The van der Waals surface area contributed by atoms with Crippen LogP contribution in [0.4, 0.5) is 11.4 Å². The van der Waals surface area contributed by atoms with Crippen molar-refractivity contribution in [2.24, 2.45) is 11.5 Å². The van der Waals surface area contributed by atoms with Crippen LogP contribution >= 0.6 is 11.6 Å².